The monoisotopic (exact) mass is 403 g/mol. The second-order valence-electron chi connectivity index (χ2n) is 6.43. The molecule has 4 rings (SSSR count). The number of hydrogen-bond acceptors (Lipinski definition) is 6. The van der Waals surface area contributed by atoms with Crippen LogP contribution in [0.5, 0.6) is 5.75 Å². The highest BCUT2D eigenvalue weighted by Gasteiger charge is 2.11. The third-order valence-electron chi connectivity index (χ3n) is 4.40. The molecule has 0 aliphatic carbocycles. The number of aromatic nitrogens is 2. The first-order valence-corrected chi connectivity index (χ1v) is 9.46. The fraction of sp³-hybridized carbons (Fsp3) is 0.136. The van der Waals surface area contributed by atoms with Crippen molar-refractivity contribution in [1.82, 2.24) is 15.3 Å². The van der Waals surface area contributed by atoms with Crippen molar-refractivity contribution in [1.29, 1.82) is 0 Å². The average Bonchev–Trinajstić information content (AvgIpc) is 3.32. The molecule has 8 nitrogen and oxygen atoms in total. The van der Waals surface area contributed by atoms with E-state index in [1.165, 1.54) is 0 Å². The van der Waals surface area contributed by atoms with Gasteiger partial charge in [-0.2, -0.15) is 0 Å². The van der Waals surface area contributed by atoms with Crippen LogP contribution in [0.4, 0.5) is 16.3 Å². The zero-order valence-electron chi connectivity index (χ0n) is 16.4. The predicted octanol–water partition coefficient (Wildman–Crippen LogP) is 4.13. The molecule has 0 aliphatic heterocycles. The lowest BCUT2D eigenvalue weighted by atomic mass is 10.2. The van der Waals surface area contributed by atoms with Crippen molar-refractivity contribution in [3.05, 3.63) is 66.9 Å². The summed E-state index contributed by atoms with van der Waals surface area (Å²) in [4.78, 5) is 21.2. The van der Waals surface area contributed by atoms with E-state index in [0.717, 1.165) is 16.7 Å². The Balaban J connectivity index is 1.37. The second kappa shape index (κ2) is 8.95. The Kier molecular flexibility index (Phi) is 5.75. The van der Waals surface area contributed by atoms with Crippen LogP contribution in [0.3, 0.4) is 0 Å². The molecule has 0 radical (unpaired) electrons. The van der Waals surface area contributed by atoms with Crippen LogP contribution in [0.1, 0.15) is 0 Å². The van der Waals surface area contributed by atoms with Gasteiger partial charge in [-0.1, -0.05) is 12.1 Å². The number of urea groups is 1. The van der Waals surface area contributed by atoms with Crippen LogP contribution in [0.25, 0.3) is 22.5 Å². The normalized spacial score (nSPS) is 10.6. The van der Waals surface area contributed by atoms with Gasteiger partial charge in [-0.15, -0.1) is 0 Å². The van der Waals surface area contributed by atoms with Crippen molar-refractivity contribution < 1.29 is 13.9 Å². The highest BCUT2D eigenvalue weighted by atomic mass is 16.5. The smallest absolute Gasteiger partial charge is 0.319 e. The zero-order chi connectivity index (χ0) is 20.8. The molecule has 0 aliphatic rings. The van der Waals surface area contributed by atoms with Crippen molar-refractivity contribution in [3.63, 3.8) is 0 Å². The Morgan fingerprint density at radius 2 is 1.83 bits per heavy atom. The molecule has 2 heterocycles. The molecule has 0 saturated heterocycles. The summed E-state index contributed by atoms with van der Waals surface area (Å²) in [5.74, 6) is 2.52. The first-order chi connectivity index (χ1) is 14.7. The Morgan fingerprint density at radius 3 is 2.60 bits per heavy atom. The van der Waals surface area contributed by atoms with E-state index in [2.05, 4.69) is 25.9 Å². The molecule has 2 aromatic carbocycles. The molecule has 2 aromatic heterocycles. The summed E-state index contributed by atoms with van der Waals surface area (Å²) in [6.07, 6.45) is 1.59. The number of nitrogens with one attached hydrogen (secondary N) is 3. The minimum absolute atomic E-state index is 0.286. The number of ether oxygens (including phenoxy) is 1. The number of nitrogens with zero attached hydrogens (tertiary/aromatic N) is 2. The van der Waals surface area contributed by atoms with Crippen molar-refractivity contribution in [2.75, 3.05) is 30.8 Å². The third-order valence-corrected chi connectivity index (χ3v) is 4.40. The van der Waals surface area contributed by atoms with Gasteiger partial charge in [0, 0.05) is 24.2 Å². The number of anilines is 2. The molecule has 3 N–H and O–H groups in total. The molecule has 4 aromatic rings. The maximum Gasteiger partial charge on any atom is 0.319 e. The molecule has 0 saturated carbocycles. The molecule has 30 heavy (non-hydrogen) atoms. The number of furan rings is 1. The number of carbonyl (C=O) groups is 1. The predicted molar refractivity (Wildman–Crippen MR) is 116 cm³/mol. The number of hydrogen-bond donors (Lipinski definition) is 3. The highest BCUT2D eigenvalue weighted by Crippen LogP contribution is 2.24. The van der Waals surface area contributed by atoms with Crippen molar-refractivity contribution in [2.24, 2.45) is 0 Å². The topological polar surface area (TPSA) is 101 Å². The van der Waals surface area contributed by atoms with Gasteiger partial charge in [-0.3, -0.25) is 0 Å². The van der Waals surface area contributed by atoms with Crippen LogP contribution in [-0.2, 0) is 0 Å². The summed E-state index contributed by atoms with van der Waals surface area (Å²) in [6, 6.07) is 18.2. The maximum atomic E-state index is 12.1. The van der Waals surface area contributed by atoms with Crippen LogP contribution >= 0.6 is 0 Å². The number of carbonyl (C=O) groups excluding carboxylic acids is 1. The van der Waals surface area contributed by atoms with Gasteiger partial charge in [0.1, 0.15) is 11.6 Å². The van der Waals surface area contributed by atoms with E-state index in [9.17, 15) is 4.79 Å². The van der Waals surface area contributed by atoms with E-state index < -0.39 is 0 Å². The minimum Gasteiger partial charge on any atom is -0.497 e. The molecule has 0 bridgehead atoms. The standard InChI is InChI=1S/C22H21N5O3/c1-29-16-10-8-15(9-11-16)25-22(28)24-13-12-23-20-17-5-2-3-6-18(17)26-21(27-20)19-7-4-14-30-19/h2-11,14H,12-13H2,1H3,(H,23,26,27)(H2,24,25,28). The average molecular weight is 403 g/mol. The lowest BCUT2D eigenvalue weighted by Crippen LogP contribution is -2.32. The first-order valence-electron chi connectivity index (χ1n) is 9.46. The van der Waals surface area contributed by atoms with Gasteiger partial charge in [0.2, 0.25) is 0 Å². The largest absolute Gasteiger partial charge is 0.497 e. The van der Waals surface area contributed by atoms with E-state index in [1.807, 2.05) is 30.3 Å². The van der Waals surface area contributed by atoms with Gasteiger partial charge < -0.3 is 25.1 Å². The van der Waals surface area contributed by atoms with E-state index in [0.29, 0.717) is 36.2 Å². The lowest BCUT2D eigenvalue weighted by molar-refractivity contribution is 0.252. The van der Waals surface area contributed by atoms with Crippen molar-refractivity contribution >= 4 is 28.4 Å². The fourth-order valence-corrected chi connectivity index (χ4v) is 2.93. The zero-order valence-corrected chi connectivity index (χ0v) is 16.4. The van der Waals surface area contributed by atoms with Gasteiger partial charge in [0.25, 0.3) is 0 Å². The fourth-order valence-electron chi connectivity index (χ4n) is 2.93. The Labute approximate surface area is 173 Å². The Morgan fingerprint density at radius 1 is 1.00 bits per heavy atom. The summed E-state index contributed by atoms with van der Waals surface area (Å²) < 4.78 is 10.5. The molecule has 0 atom stereocenters. The second-order valence-corrected chi connectivity index (χ2v) is 6.43. The first kappa shape index (κ1) is 19.3. The Bertz CT molecular complexity index is 1130. The van der Waals surface area contributed by atoms with Gasteiger partial charge in [-0.05, 0) is 48.5 Å². The molecular formula is C22H21N5O3. The maximum absolute atomic E-state index is 12.1. The van der Waals surface area contributed by atoms with Gasteiger partial charge in [-0.25, -0.2) is 14.8 Å². The van der Waals surface area contributed by atoms with Crippen LogP contribution in [0.15, 0.2) is 71.3 Å². The minimum atomic E-state index is -0.286. The van der Waals surface area contributed by atoms with Crippen molar-refractivity contribution in [3.8, 4) is 17.3 Å². The summed E-state index contributed by atoms with van der Waals surface area (Å²) in [5, 5.41) is 9.76. The SMILES string of the molecule is COc1ccc(NC(=O)NCCNc2nc(-c3ccco3)nc3ccccc23)cc1. The van der Waals surface area contributed by atoms with Crippen molar-refractivity contribution in [2.45, 2.75) is 0 Å². The van der Waals surface area contributed by atoms with Crippen LogP contribution in [0.2, 0.25) is 0 Å². The summed E-state index contributed by atoms with van der Waals surface area (Å²) >= 11 is 0. The summed E-state index contributed by atoms with van der Waals surface area (Å²) in [5.41, 5.74) is 1.50. The molecular weight excluding hydrogens is 382 g/mol. The van der Waals surface area contributed by atoms with Crippen LogP contribution in [0, 0.1) is 0 Å². The van der Waals surface area contributed by atoms with E-state index in [4.69, 9.17) is 9.15 Å². The lowest BCUT2D eigenvalue weighted by Gasteiger charge is -2.11. The molecule has 0 spiro atoms. The van der Waals surface area contributed by atoms with Crippen LogP contribution in [-0.4, -0.2) is 36.2 Å². The molecule has 0 unspecified atom stereocenters. The van der Waals surface area contributed by atoms with Gasteiger partial charge >= 0.3 is 6.03 Å². The number of benzene rings is 2. The molecule has 2 amide bonds. The summed E-state index contributed by atoms with van der Waals surface area (Å²) in [6.45, 7) is 0.908. The molecule has 0 fully saturated rings. The number of methoxy groups -OCH3 is 1. The van der Waals surface area contributed by atoms with Gasteiger partial charge in [0.15, 0.2) is 11.6 Å². The molecule has 8 heteroatoms. The van der Waals surface area contributed by atoms with Crippen LogP contribution < -0.4 is 20.7 Å². The third kappa shape index (κ3) is 4.49. The number of amides is 2. The van der Waals surface area contributed by atoms with E-state index in [1.54, 1.807) is 43.7 Å². The molecule has 152 valence electrons. The number of fused-ring (bicyclic) bond motifs is 1. The van der Waals surface area contributed by atoms with E-state index >= 15 is 0 Å². The van der Waals surface area contributed by atoms with Gasteiger partial charge in [0.05, 0.1) is 18.9 Å². The number of rotatable bonds is 7. The highest BCUT2D eigenvalue weighted by molar-refractivity contribution is 5.91. The number of para-hydroxylation sites is 1. The van der Waals surface area contributed by atoms with E-state index in [-0.39, 0.29) is 6.03 Å². The quantitative estimate of drug-likeness (QED) is 0.401. The Hall–Kier alpha value is -4.07. The summed E-state index contributed by atoms with van der Waals surface area (Å²) in [7, 11) is 1.60.